The van der Waals surface area contributed by atoms with Crippen molar-refractivity contribution in [2.75, 3.05) is 24.0 Å². The van der Waals surface area contributed by atoms with Crippen molar-refractivity contribution in [3.63, 3.8) is 0 Å². The number of hydrogen-bond donors (Lipinski definition) is 1. The fourth-order valence-electron chi connectivity index (χ4n) is 5.15. The smallest absolute Gasteiger partial charge is 0.240 e. The zero-order valence-corrected chi connectivity index (χ0v) is 23.4. The van der Waals surface area contributed by atoms with Crippen molar-refractivity contribution >= 4 is 29.4 Å². The average molecular weight is 555 g/mol. The first-order valence-corrected chi connectivity index (χ1v) is 14.3. The fourth-order valence-corrected chi connectivity index (χ4v) is 6.34. The van der Waals surface area contributed by atoms with Crippen molar-refractivity contribution in [1.29, 1.82) is 0 Å². The second-order valence-corrected chi connectivity index (χ2v) is 11.2. The van der Waals surface area contributed by atoms with Crippen molar-refractivity contribution < 1.29 is 19.1 Å². The summed E-state index contributed by atoms with van der Waals surface area (Å²) in [6.45, 7) is 5.90. The van der Waals surface area contributed by atoms with E-state index in [0.29, 0.717) is 17.3 Å². The molecule has 1 atom stereocenters. The lowest BCUT2D eigenvalue weighted by Gasteiger charge is -2.24. The molecular formula is C31H30N4O4S. The highest BCUT2D eigenvalue weighted by Gasteiger charge is 2.38. The topological polar surface area (TPSA) is 85.7 Å². The molecule has 204 valence electrons. The standard InChI is InChI=1S/C31H30N4O4S/c1-19(2)32-26(36)16-34-27(37)17-40-30(22-13-14-24-25(15-22)39-18-38-24)28-29(21-10-5-4-6-11-21)33-35(31(28)34)23-12-8-7-9-20(23)3/h4-15,19,30H,16-18H2,1-3H3,(H,32,36)/t30-/m0/s1. The Balaban J connectivity index is 1.62. The van der Waals surface area contributed by atoms with Crippen LogP contribution in [0.3, 0.4) is 0 Å². The first-order chi connectivity index (χ1) is 19.4. The maximum absolute atomic E-state index is 13.8. The fraction of sp³-hybridized carbons (Fsp3) is 0.258. The number of carbonyl (C=O) groups excluding carboxylic acids is 2. The quantitative estimate of drug-likeness (QED) is 0.350. The molecule has 3 aromatic carbocycles. The molecule has 0 aliphatic carbocycles. The molecule has 9 heteroatoms. The van der Waals surface area contributed by atoms with Crippen molar-refractivity contribution in [3.05, 3.63) is 89.5 Å². The lowest BCUT2D eigenvalue weighted by molar-refractivity contribution is -0.123. The molecule has 2 amide bonds. The summed E-state index contributed by atoms with van der Waals surface area (Å²) < 4.78 is 13.1. The van der Waals surface area contributed by atoms with Gasteiger partial charge in [-0.2, -0.15) is 5.10 Å². The Morgan fingerprint density at radius 2 is 1.80 bits per heavy atom. The van der Waals surface area contributed by atoms with E-state index in [1.807, 2.05) is 98.2 Å². The van der Waals surface area contributed by atoms with E-state index in [-0.39, 0.29) is 42.2 Å². The van der Waals surface area contributed by atoms with Crippen LogP contribution in [0.5, 0.6) is 11.5 Å². The first kappa shape index (κ1) is 26.0. The van der Waals surface area contributed by atoms with E-state index in [0.717, 1.165) is 33.6 Å². The van der Waals surface area contributed by atoms with Crippen LogP contribution in [0.2, 0.25) is 0 Å². The molecular weight excluding hydrogens is 524 g/mol. The summed E-state index contributed by atoms with van der Waals surface area (Å²) >= 11 is 1.53. The van der Waals surface area contributed by atoms with Crippen LogP contribution < -0.4 is 19.7 Å². The normalized spacial score (nSPS) is 16.1. The van der Waals surface area contributed by atoms with E-state index in [9.17, 15) is 9.59 Å². The number of carbonyl (C=O) groups is 2. The Kier molecular flexibility index (Phi) is 6.98. The third kappa shape index (κ3) is 4.81. The number of ether oxygens (including phenoxy) is 2. The van der Waals surface area contributed by atoms with Gasteiger partial charge in [0.05, 0.1) is 22.4 Å². The molecule has 0 unspecified atom stereocenters. The minimum Gasteiger partial charge on any atom is -0.454 e. The lowest BCUT2D eigenvalue weighted by Crippen LogP contribution is -2.44. The Labute approximate surface area is 237 Å². The van der Waals surface area contributed by atoms with Gasteiger partial charge < -0.3 is 14.8 Å². The number of benzene rings is 3. The number of para-hydroxylation sites is 1. The van der Waals surface area contributed by atoms with Crippen LogP contribution >= 0.6 is 11.8 Å². The first-order valence-electron chi connectivity index (χ1n) is 13.3. The summed E-state index contributed by atoms with van der Waals surface area (Å²) in [4.78, 5) is 28.5. The number of thioether (sulfide) groups is 1. The number of aryl methyl sites for hydroxylation is 1. The molecule has 0 bridgehead atoms. The largest absolute Gasteiger partial charge is 0.454 e. The molecule has 2 aliphatic rings. The maximum Gasteiger partial charge on any atom is 0.240 e. The van der Waals surface area contributed by atoms with Crippen molar-refractivity contribution in [2.24, 2.45) is 0 Å². The third-order valence-corrected chi connectivity index (χ3v) is 8.19. The van der Waals surface area contributed by atoms with E-state index >= 15 is 0 Å². The minimum atomic E-state index is -0.250. The van der Waals surface area contributed by atoms with Crippen molar-refractivity contribution in [1.82, 2.24) is 15.1 Å². The molecule has 1 aromatic heterocycles. The van der Waals surface area contributed by atoms with Gasteiger partial charge in [-0.3, -0.25) is 14.5 Å². The van der Waals surface area contributed by atoms with E-state index in [2.05, 4.69) is 5.32 Å². The molecule has 40 heavy (non-hydrogen) atoms. The second-order valence-electron chi connectivity index (χ2n) is 10.2. The molecule has 0 radical (unpaired) electrons. The number of nitrogens with zero attached hydrogens (tertiary/aromatic N) is 3. The Morgan fingerprint density at radius 3 is 2.58 bits per heavy atom. The SMILES string of the molecule is Cc1ccccc1-n1nc(-c2ccccc2)c2c1N(CC(=O)NC(C)C)C(=O)CS[C@H]2c1ccc2c(c1)OCO2. The summed E-state index contributed by atoms with van der Waals surface area (Å²) in [6.07, 6.45) is 0. The monoisotopic (exact) mass is 554 g/mol. The number of anilines is 1. The van der Waals surface area contributed by atoms with Crippen LogP contribution in [-0.2, 0) is 9.59 Å². The van der Waals surface area contributed by atoms with Crippen LogP contribution in [0, 0.1) is 6.92 Å². The van der Waals surface area contributed by atoms with Gasteiger partial charge in [0.15, 0.2) is 11.5 Å². The number of fused-ring (bicyclic) bond motifs is 2. The lowest BCUT2D eigenvalue weighted by atomic mass is 9.99. The van der Waals surface area contributed by atoms with Crippen molar-refractivity contribution in [2.45, 2.75) is 32.1 Å². The summed E-state index contributed by atoms with van der Waals surface area (Å²) in [5.74, 6) is 1.80. The van der Waals surface area contributed by atoms with Crippen LogP contribution in [0.15, 0.2) is 72.8 Å². The van der Waals surface area contributed by atoms with Crippen LogP contribution in [0.4, 0.5) is 5.82 Å². The van der Waals surface area contributed by atoms with Gasteiger partial charge in [-0.15, -0.1) is 11.8 Å². The number of hydrogen-bond acceptors (Lipinski definition) is 6. The zero-order chi connectivity index (χ0) is 27.8. The van der Waals surface area contributed by atoms with E-state index < -0.39 is 0 Å². The van der Waals surface area contributed by atoms with E-state index in [1.165, 1.54) is 11.8 Å². The Morgan fingerprint density at radius 1 is 1.05 bits per heavy atom. The number of nitrogens with one attached hydrogen (secondary N) is 1. The van der Waals surface area contributed by atoms with Gasteiger partial charge in [0, 0.05) is 17.2 Å². The van der Waals surface area contributed by atoms with Gasteiger partial charge in [-0.25, -0.2) is 4.68 Å². The highest BCUT2D eigenvalue weighted by Crippen LogP contribution is 2.50. The number of rotatable bonds is 6. The van der Waals surface area contributed by atoms with Crippen LogP contribution in [-0.4, -0.2) is 46.7 Å². The molecule has 6 rings (SSSR count). The molecule has 2 aliphatic heterocycles. The minimum absolute atomic E-state index is 0.0500. The molecule has 0 fully saturated rings. The van der Waals surface area contributed by atoms with Crippen LogP contribution in [0.25, 0.3) is 16.9 Å². The molecule has 1 N–H and O–H groups in total. The highest BCUT2D eigenvalue weighted by molar-refractivity contribution is 8.00. The van der Waals surface area contributed by atoms with Crippen molar-refractivity contribution in [3.8, 4) is 28.4 Å². The highest BCUT2D eigenvalue weighted by atomic mass is 32.2. The number of amides is 2. The summed E-state index contributed by atoms with van der Waals surface area (Å²) in [5.41, 5.74) is 5.39. The van der Waals surface area contributed by atoms with Gasteiger partial charge in [-0.1, -0.05) is 54.6 Å². The van der Waals surface area contributed by atoms with Gasteiger partial charge in [-0.05, 0) is 50.1 Å². The molecule has 0 saturated carbocycles. The Hall–Kier alpha value is -4.24. The predicted molar refractivity (Wildman–Crippen MR) is 156 cm³/mol. The second kappa shape index (κ2) is 10.7. The average Bonchev–Trinajstić information content (AvgIpc) is 3.54. The molecule has 8 nitrogen and oxygen atoms in total. The third-order valence-electron chi connectivity index (χ3n) is 6.93. The molecule has 4 aromatic rings. The zero-order valence-electron chi connectivity index (χ0n) is 22.6. The number of aromatic nitrogens is 2. The summed E-state index contributed by atoms with van der Waals surface area (Å²) in [6, 6.07) is 23.8. The van der Waals surface area contributed by atoms with Gasteiger partial charge in [0.1, 0.15) is 12.4 Å². The predicted octanol–water partition coefficient (Wildman–Crippen LogP) is 5.27. The Bertz CT molecular complexity index is 1580. The van der Waals surface area contributed by atoms with Crippen LogP contribution in [0.1, 0.15) is 35.8 Å². The van der Waals surface area contributed by atoms with Gasteiger partial charge in [0.2, 0.25) is 18.6 Å². The van der Waals surface area contributed by atoms with E-state index in [1.54, 1.807) is 4.90 Å². The summed E-state index contributed by atoms with van der Waals surface area (Å²) in [7, 11) is 0. The molecule has 0 saturated heterocycles. The molecule has 3 heterocycles. The van der Waals surface area contributed by atoms with Gasteiger partial charge in [0.25, 0.3) is 0 Å². The summed E-state index contributed by atoms with van der Waals surface area (Å²) in [5, 5.41) is 7.85. The van der Waals surface area contributed by atoms with Gasteiger partial charge >= 0.3 is 0 Å². The molecule has 0 spiro atoms. The van der Waals surface area contributed by atoms with E-state index in [4.69, 9.17) is 14.6 Å². The maximum atomic E-state index is 13.8.